The first kappa shape index (κ1) is 40.6. The maximum absolute atomic E-state index is 13.1. The second-order valence-corrected chi connectivity index (χ2v) is 14.0. The van der Waals surface area contributed by atoms with Gasteiger partial charge in [-0.2, -0.15) is 0 Å². The minimum Gasteiger partial charge on any atom is -0.395 e. The first-order valence-corrected chi connectivity index (χ1v) is 18.4. The average molecular weight is 943 g/mol. The van der Waals surface area contributed by atoms with E-state index in [0.717, 1.165) is 36.1 Å². The lowest BCUT2D eigenvalue weighted by Gasteiger charge is -2.20. The first-order valence-electron chi connectivity index (χ1n) is 16.2. The zero-order chi connectivity index (χ0) is 38.7. The van der Waals surface area contributed by atoms with Crippen molar-refractivity contribution in [2.24, 2.45) is 0 Å². The summed E-state index contributed by atoms with van der Waals surface area (Å²) in [7, 11) is 1.65. The number of para-hydroxylation sites is 1. The minimum atomic E-state index is -0.547. The summed E-state index contributed by atoms with van der Waals surface area (Å²) in [6, 6.07) is 29.3. The van der Waals surface area contributed by atoms with Crippen molar-refractivity contribution in [3.63, 3.8) is 0 Å². The van der Waals surface area contributed by atoms with Gasteiger partial charge >= 0.3 is 0 Å². The Morgan fingerprint density at radius 3 is 1.83 bits per heavy atom. The summed E-state index contributed by atoms with van der Waals surface area (Å²) in [5, 5.41) is 40.1. The Kier molecular flexibility index (Phi) is 14.6. The molecule has 0 saturated heterocycles. The fourth-order valence-corrected chi connectivity index (χ4v) is 6.33. The van der Waals surface area contributed by atoms with E-state index in [2.05, 4.69) is 61.1 Å². The Labute approximate surface area is 333 Å². The Morgan fingerprint density at radius 1 is 0.736 bits per heavy atom. The summed E-state index contributed by atoms with van der Waals surface area (Å²) in [6.07, 6.45) is 0.804. The number of aryl methyl sites for hydroxylation is 2. The molecule has 0 atom stereocenters. The molecule has 0 aromatic heterocycles. The molecule has 0 aliphatic heterocycles. The molecule has 15 heteroatoms. The zero-order valence-electron chi connectivity index (χ0n) is 28.9. The largest absolute Gasteiger partial charge is 0.395 e. The molecule has 4 N–H and O–H groups in total. The molecule has 2 amide bonds. The van der Waals surface area contributed by atoms with Gasteiger partial charge < -0.3 is 26.0 Å². The van der Waals surface area contributed by atoms with Gasteiger partial charge in [0.15, 0.2) is 0 Å². The molecule has 13 nitrogen and oxygen atoms in total. The van der Waals surface area contributed by atoms with E-state index in [-0.39, 0.29) is 41.6 Å². The number of carbonyl (C=O) groups excluding carboxylic acids is 2. The topological polar surface area (TPSA) is 180 Å². The summed E-state index contributed by atoms with van der Waals surface area (Å²) >= 11 is 4.46. The molecule has 5 aromatic carbocycles. The summed E-state index contributed by atoms with van der Waals surface area (Å²) < 4.78 is 2.20. The van der Waals surface area contributed by atoms with E-state index < -0.39 is 15.8 Å². The van der Waals surface area contributed by atoms with Gasteiger partial charge in [0.25, 0.3) is 23.2 Å². The third-order valence-electron chi connectivity index (χ3n) is 7.92. The van der Waals surface area contributed by atoms with Crippen LogP contribution in [-0.2, 0) is 6.42 Å². The average Bonchev–Trinajstić information content (AvgIpc) is 3.15. The molecule has 0 aliphatic carbocycles. The molecule has 0 bridgehead atoms. The van der Waals surface area contributed by atoms with Crippen molar-refractivity contribution in [2.45, 2.75) is 20.3 Å². The third kappa shape index (κ3) is 10.9. The first-order chi connectivity index (χ1) is 25.3. The molecular formula is C38H36I2N6O7. The van der Waals surface area contributed by atoms with Crippen LogP contribution in [0.3, 0.4) is 0 Å². The summed E-state index contributed by atoms with van der Waals surface area (Å²) in [5.74, 6) is -0.815. The number of nitrogens with one attached hydrogen (secondary N) is 3. The van der Waals surface area contributed by atoms with Crippen LogP contribution in [-0.4, -0.2) is 47.0 Å². The molecule has 0 saturated carbocycles. The van der Waals surface area contributed by atoms with Crippen molar-refractivity contribution in [3.05, 3.63) is 153 Å². The number of aliphatic hydroxyl groups excluding tert-OH is 1. The minimum absolute atomic E-state index is 0.0741. The molecule has 0 unspecified atom stereocenters. The summed E-state index contributed by atoms with van der Waals surface area (Å²) in [5.41, 5.74) is 5.55. The summed E-state index contributed by atoms with van der Waals surface area (Å²) in [4.78, 5) is 48.1. The van der Waals surface area contributed by atoms with E-state index in [9.17, 15) is 29.8 Å². The van der Waals surface area contributed by atoms with Gasteiger partial charge in [-0.25, -0.2) is 0 Å². The number of nitro groups is 2. The van der Waals surface area contributed by atoms with Crippen molar-refractivity contribution in [1.82, 2.24) is 5.32 Å². The van der Waals surface area contributed by atoms with Gasteiger partial charge in [0, 0.05) is 62.1 Å². The fourth-order valence-electron chi connectivity index (χ4n) is 5.12. The van der Waals surface area contributed by atoms with Crippen LogP contribution in [0.2, 0.25) is 0 Å². The number of amides is 2. The number of non-ortho nitro benzene ring substituents is 2. The molecule has 0 aliphatic rings. The third-order valence-corrected chi connectivity index (χ3v) is 9.27. The van der Waals surface area contributed by atoms with Crippen LogP contribution >= 0.6 is 45.2 Å². The maximum Gasteiger partial charge on any atom is 0.270 e. The number of benzene rings is 5. The standard InChI is InChI=1S/C21H18IN3O3.C17H18IN3O4/c1-14-12-15(22)8-10-19(14)23-20-11-9-17(25(27)28)13-18(20)21(26)24(2)16-6-4-3-5-7-16;1-2-11-9-12(18)3-5-15(11)20-16-6-4-13(21(24)25)10-14(16)17(23)19-7-8-22/h3-13,23H,1-2H3;3-6,9-10,20,22H,2,7-8H2,1H3,(H,19,23). The van der Waals surface area contributed by atoms with Crippen molar-refractivity contribution in [3.8, 4) is 0 Å². The molecule has 5 aromatic rings. The van der Waals surface area contributed by atoms with Crippen LogP contribution in [0, 0.1) is 34.3 Å². The lowest BCUT2D eigenvalue weighted by Crippen LogP contribution is -2.27. The molecule has 274 valence electrons. The van der Waals surface area contributed by atoms with E-state index in [1.807, 2.05) is 80.6 Å². The van der Waals surface area contributed by atoms with Gasteiger partial charge in [-0.15, -0.1) is 0 Å². The Hall–Kier alpha value is -5.14. The monoisotopic (exact) mass is 942 g/mol. The Bertz CT molecular complexity index is 2130. The Morgan fingerprint density at radius 2 is 1.26 bits per heavy atom. The van der Waals surface area contributed by atoms with Crippen LogP contribution in [0.1, 0.15) is 38.8 Å². The fraction of sp³-hybridized carbons (Fsp3) is 0.158. The quantitative estimate of drug-likeness (QED) is 0.0541. The van der Waals surface area contributed by atoms with Gasteiger partial charge in [0.2, 0.25) is 0 Å². The van der Waals surface area contributed by atoms with Crippen molar-refractivity contribution < 1.29 is 24.5 Å². The van der Waals surface area contributed by atoms with Crippen LogP contribution in [0.4, 0.5) is 39.8 Å². The SMILES string of the molecule is CCc1cc(I)ccc1Nc1ccc([N+](=O)[O-])cc1C(=O)NCCO.Cc1cc(I)ccc1Nc1ccc([N+](=O)[O-])cc1C(=O)N(C)c1ccccc1. The van der Waals surface area contributed by atoms with Crippen LogP contribution in [0.15, 0.2) is 103 Å². The second-order valence-electron chi connectivity index (χ2n) is 11.5. The van der Waals surface area contributed by atoms with Crippen LogP contribution in [0.25, 0.3) is 0 Å². The van der Waals surface area contributed by atoms with E-state index in [4.69, 9.17) is 5.11 Å². The molecule has 5 rings (SSSR count). The number of hydrogen-bond acceptors (Lipinski definition) is 9. The maximum atomic E-state index is 13.1. The van der Waals surface area contributed by atoms with Crippen LogP contribution in [0.5, 0.6) is 0 Å². The zero-order valence-corrected chi connectivity index (χ0v) is 33.2. The van der Waals surface area contributed by atoms with Crippen molar-refractivity contribution in [2.75, 3.05) is 35.7 Å². The van der Waals surface area contributed by atoms with Crippen LogP contribution < -0.4 is 20.9 Å². The highest BCUT2D eigenvalue weighted by molar-refractivity contribution is 14.1. The molecule has 0 spiro atoms. The molecule has 53 heavy (non-hydrogen) atoms. The molecule has 0 radical (unpaired) electrons. The predicted octanol–water partition coefficient (Wildman–Crippen LogP) is 8.76. The van der Waals surface area contributed by atoms with E-state index >= 15 is 0 Å². The van der Waals surface area contributed by atoms with Gasteiger partial charge in [0.1, 0.15) is 0 Å². The predicted molar refractivity (Wildman–Crippen MR) is 224 cm³/mol. The number of rotatable bonds is 12. The number of anilines is 5. The number of carbonyl (C=O) groups is 2. The number of nitro benzene ring substituents is 2. The number of halogens is 2. The van der Waals surface area contributed by atoms with E-state index in [1.165, 1.54) is 35.2 Å². The Balaban J connectivity index is 0.000000238. The smallest absolute Gasteiger partial charge is 0.270 e. The highest BCUT2D eigenvalue weighted by atomic mass is 127. The summed E-state index contributed by atoms with van der Waals surface area (Å²) in [6.45, 7) is 3.86. The van der Waals surface area contributed by atoms with Crippen molar-refractivity contribution >= 4 is 96.8 Å². The lowest BCUT2D eigenvalue weighted by molar-refractivity contribution is -0.385. The lowest BCUT2D eigenvalue weighted by atomic mass is 10.1. The number of aliphatic hydroxyl groups is 1. The van der Waals surface area contributed by atoms with E-state index in [0.29, 0.717) is 17.1 Å². The highest BCUT2D eigenvalue weighted by Crippen LogP contribution is 2.31. The molecule has 0 fully saturated rings. The van der Waals surface area contributed by atoms with Crippen molar-refractivity contribution in [1.29, 1.82) is 0 Å². The number of hydrogen-bond donors (Lipinski definition) is 4. The van der Waals surface area contributed by atoms with Gasteiger partial charge in [-0.1, -0.05) is 25.1 Å². The molecular weight excluding hydrogens is 906 g/mol. The van der Waals surface area contributed by atoms with Gasteiger partial charge in [0.05, 0.1) is 39.0 Å². The van der Waals surface area contributed by atoms with Gasteiger partial charge in [-0.05, 0) is 130 Å². The molecule has 0 heterocycles. The highest BCUT2D eigenvalue weighted by Gasteiger charge is 2.22. The number of nitrogens with zero attached hydrogens (tertiary/aromatic N) is 3. The second kappa shape index (κ2) is 19.1. The van der Waals surface area contributed by atoms with E-state index in [1.54, 1.807) is 13.1 Å². The van der Waals surface area contributed by atoms with Gasteiger partial charge in [-0.3, -0.25) is 29.8 Å². The normalized spacial score (nSPS) is 10.4.